The molecule has 22 heavy (non-hydrogen) atoms. The molecule has 4 heteroatoms. The highest BCUT2D eigenvalue weighted by Gasteiger charge is 2.36. The lowest BCUT2D eigenvalue weighted by Crippen LogP contribution is -2.34. The Labute approximate surface area is 139 Å². The summed E-state index contributed by atoms with van der Waals surface area (Å²) in [4.78, 5) is 2.44. The van der Waals surface area contributed by atoms with E-state index in [1.54, 1.807) is 12.1 Å². The summed E-state index contributed by atoms with van der Waals surface area (Å²) in [7, 11) is 0. The SMILES string of the molecule is Br.Fc1ccc([C@@H]2CN3CCC[C@@H]3c3cc(F)ccc32)cc1. The molecule has 2 aliphatic heterocycles. The van der Waals surface area contributed by atoms with E-state index in [4.69, 9.17) is 0 Å². The first kappa shape index (κ1) is 15.6. The van der Waals surface area contributed by atoms with Gasteiger partial charge in [0, 0.05) is 18.5 Å². The monoisotopic (exact) mass is 365 g/mol. The molecule has 0 saturated carbocycles. The summed E-state index contributed by atoms with van der Waals surface area (Å²) in [5, 5.41) is 0. The van der Waals surface area contributed by atoms with Crippen molar-refractivity contribution >= 4 is 17.0 Å². The van der Waals surface area contributed by atoms with Crippen molar-refractivity contribution in [3.05, 3.63) is 70.8 Å². The zero-order chi connectivity index (χ0) is 14.4. The summed E-state index contributed by atoms with van der Waals surface area (Å²) in [6.07, 6.45) is 2.27. The van der Waals surface area contributed by atoms with Crippen LogP contribution >= 0.6 is 17.0 Å². The third-order valence-corrected chi connectivity index (χ3v) is 4.84. The minimum Gasteiger partial charge on any atom is -0.295 e. The molecule has 0 unspecified atom stereocenters. The topological polar surface area (TPSA) is 3.24 Å². The van der Waals surface area contributed by atoms with Crippen molar-refractivity contribution in [2.24, 2.45) is 0 Å². The van der Waals surface area contributed by atoms with Crippen LogP contribution in [-0.2, 0) is 0 Å². The molecular formula is C18H18BrF2N. The Hall–Kier alpha value is -1.26. The molecule has 116 valence electrons. The van der Waals surface area contributed by atoms with Gasteiger partial charge in [-0.05, 0) is 60.3 Å². The number of halogens is 3. The number of rotatable bonds is 1. The van der Waals surface area contributed by atoms with Gasteiger partial charge in [-0.25, -0.2) is 8.78 Å². The molecule has 0 radical (unpaired) electrons. The van der Waals surface area contributed by atoms with Crippen LogP contribution in [0, 0.1) is 11.6 Å². The van der Waals surface area contributed by atoms with Gasteiger partial charge in [0.15, 0.2) is 0 Å². The zero-order valence-electron chi connectivity index (χ0n) is 12.1. The molecule has 2 aliphatic rings. The van der Waals surface area contributed by atoms with Gasteiger partial charge in [-0.15, -0.1) is 17.0 Å². The maximum absolute atomic E-state index is 13.7. The average molecular weight is 366 g/mol. The lowest BCUT2D eigenvalue weighted by Gasteiger charge is -2.37. The summed E-state index contributed by atoms with van der Waals surface area (Å²) in [5.74, 6) is -0.177. The highest BCUT2D eigenvalue weighted by atomic mass is 79.9. The predicted octanol–water partition coefficient (Wildman–Crippen LogP) is 4.83. The van der Waals surface area contributed by atoms with Crippen LogP contribution in [0.1, 0.15) is 41.5 Å². The van der Waals surface area contributed by atoms with E-state index in [0.717, 1.165) is 37.1 Å². The maximum atomic E-state index is 13.7. The third kappa shape index (κ3) is 2.59. The van der Waals surface area contributed by atoms with Crippen molar-refractivity contribution in [3.8, 4) is 0 Å². The quantitative estimate of drug-likeness (QED) is 0.699. The molecule has 0 spiro atoms. The van der Waals surface area contributed by atoms with Crippen LogP contribution in [0.2, 0.25) is 0 Å². The predicted molar refractivity (Wildman–Crippen MR) is 88.5 cm³/mol. The van der Waals surface area contributed by atoms with Crippen LogP contribution in [0.5, 0.6) is 0 Å². The summed E-state index contributed by atoms with van der Waals surface area (Å²) >= 11 is 0. The van der Waals surface area contributed by atoms with Crippen molar-refractivity contribution in [2.45, 2.75) is 24.8 Å². The molecule has 2 aromatic rings. The van der Waals surface area contributed by atoms with Gasteiger partial charge in [0.05, 0.1) is 0 Å². The fraction of sp³-hybridized carbons (Fsp3) is 0.333. The lowest BCUT2D eigenvalue weighted by atomic mass is 9.81. The second kappa shape index (κ2) is 6.09. The van der Waals surface area contributed by atoms with Crippen LogP contribution in [0.15, 0.2) is 42.5 Å². The zero-order valence-corrected chi connectivity index (χ0v) is 13.8. The molecule has 0 aliphatic carbocycles. The molecule has 2 heterocycles. The first-order chi connectivity index (χ1) is 10.2. The van der Waals surface area contributed by atoms with E-state index in [2.05, 4.69) is 4.90 Å². The maximum Gasteiger partial charge on any atom is 0.123 e. The first-order valence-electron chi connectivity index (χ1n) is 7.51. The van der Waals surface area contributed by atoms with E-state index in [1.165, 1.54) is 17.7 Å². The fourth-order valence-corrected chi connectivity index (χ4v) is 3.86. The van der Waals surface area contributed by atoms with E-state index in [0.29, 0.717) is 6.04 Å². The number of hydrogen-bond acceptors (Lipinski definition) is 1. The van der Waals surface area contributed by atoms with Crippen molar-refractivity contribution in [1.82, 2.24) is 4.90 Å². The van der Waals surface area contributed by atoms with Crippen molar-refractivity contribution in [1.29, 1.82) is 0 Å². The Morgan fingerprint density at radius 3 is 2.41 bits per heavy atom. The molecule has 0 N–H and O–H groups in total. The molecule has 1 saturated heterocycles. The van der Waals surface area contributed by atoms with Gasteiger partial charge in [0.25, 0.3) is 0 Å². The highest BCUT2D eigenvalue weighted by molar-refractivity contribution is 8.93. The molecule has 4 rings (SSSR count). The Morgan fingerprint density at radius 1 is 0.909 bits per heavy atom. The number of fused-ring (bicyclic) bond motifs is 3. The standard InChI is InChI=1S/C18H17F2N.BrH/c19-13-5-3-12(4-6-13)17-11-21-9-1-2-18(21)16-10-14(20)7-8-15(16)17;/h3-8,10,17-18H,1-2,9,11H2;1H/t17-,18+;/m0./s1. The number of nitrogens with zero attached hydrogens (tertiary/aromatic N) is 1. The molecule has 0 amide bonds. The molecule has 0 aromatic heterocycles. The van der Waals surface area contributed by atoms with Crippen LogP contribution in [0.25, 0.3) is 0 Å². The largest absolute Gasteiger partial charge is 0.295 e. The van der Waals surface area contributed by atoms with E-state index >= 15 is 0 Å². The minimum atomic E-state index is -0.215. The Bertz CT molecular complexity index is 671. The summed E-state index contributed by atoms with van der Waals surface area (Å²) in [6, 6.07) is 12.2. The molecule has 1 fully saturated rings. The summed E-state index contributed by atoms with van der Waals surface area (Å²) in [5.41, 5.74) is 3.42. The second-order valence-electron chi connectivity index (χ2n) is 6.03. The van der Waals surface area contributed by atoms with Crippen molar-refractivity contribution in [2.75, 3.05) is 13.1 Å². The fourth-order valence-electron chi connectivity index (χ4n) is 3.86. The molecule has 0 bridgehead atoms. The number of benzene rings is 2. The molecular weight excluding hydrogens is 348 g/mol. The third-order valence-electron chi connectivity index (χ3n) is 4.84. The van der Waals surface area contributed by atoms with E-state index < -0.39 is 0 Å². The van der Waals surface area contributed by atoms with Gasteiger partial charge in [-0.3, -0.25) is 4.90 Å². The van der Waals surface area contributed by atoms with Gasteiger partial charge in [-0.2, -0.15) is 0 Å². The average Bonchev–Trinajstić information content (AvgIpc) is 2.96. The lowest BCUT2D eigenvalue weighted by molar-refractivity contribution is 0.229. The van der Waals surface area contributed by atoms with Crippen LogP contribution < -0.4 is 0 Å². The Morgan fingerprint density at radius 2 is 1.64 bits per heavy atom. The van der Waals surface area contributed by atoms with Crippen LogP contribution in [0.3, 0.4) is 0 Å². The van der Waals surface area contributed by atoms with Gasteiger partial charge < -0.3 is 0 Å². The van der Waals surface area contributed by atoms with Crippen molar-refractivity contribution in [3.63, 3.8) is 0 Å². The second-order valence-corrected chi connectivity index (χ2v) is 6.03. The van der Waals surface area contributed by atoms with Crippen LogP contribution in [0.4, 0.5) is 8.78 Å². The summed E-state index contributed by atoms with van der Waals surface area (Å²) < 4.78 is 26.8. The van der Waals surface area contributed by atoms with Gasteiger partial charge in [-0.1, -0.05) is 18.2 Å². The molecule has 1 nitrogen and oxygen atoms in total. The van der Waals surface area contributed by atoms with Crippen LogP contribution in [-0.4, -0.2) is 18.0 Å². The minimum absolute atomic E-state index is 0. The van der Waals surface area contributed by atoms with E-state index in [-0.39, 0.29) is 34.5 Å². The highest BCUT2D eigenvalue weighted by Crippen LogP contribution is 2.44. The van der Waals surface area contributed by atoms with Crippen molar-refractivity contribution < 1.29 is 8.78 Å². The smallest absolute Gasteiger partial charge is 0.123 e. The van der Waals surface area contributed by atoms with Gasteiger partial charge >= 0.3 is 0 Å². The Balaban J connectivity index is 0.00000144. The normalized spacial score (nSPS) is 23.5. The van der Waals surface area contributed by atoms with E-state index in [9.17, 15) is 8.78 Å². The molecule has 2 aromatic carbocycles. The Kier molecular flexibility index (Phi) is 4.33. The van der Waals surface area contributed by atoms with Gasteiger partial charge in [0.2, 0.25) is 0 Å². The molecule has 2 atom stereocenters. The van der Waals surface area contributed by atoms with E-state index in [1.807, 2.05) is 18.2 Å². The van der Waals surface area contributed by atoms with Gasteiger partial charge in [0.1, 0.15) is 11.6 Å². The first-order valence-corrected chi connectivity index (χ1v) is 7.51. The summed E-state index contributed by atoms with van der Waals surface area (Å²) in [6.45, 7) is 2.01. The number of hydrogen-bond donors (Lipinski definition) is 0.